The van der Waals surface area contributed by atoms with Gasteiger partial charge in [-0.15, -0.1) is 0 Å². The van der Waals surface area contributed by atoms with Crippen LogP contribution in [0.4, 0.5) is 4.79 Å². The lowest BCUT2D eigenvalue weighted by Crippen LogP contribution is -2.58. The van der Waals surface area contributed by atoms with Crippen molar-refractivity contribution >= 4 is 17.8 Å². The van der Waals surface area contributed by atoms with E-state index in [9.17, 15) is 14.4 Å². The molecule has 1 aliphatic heterocycles. The van der Waals surface area contributed by atoms with Gasteiger partial charge in [0, 0.05) is 20.3 Å². The smallest absolute Gasteiger partial charge is 0.330 e. The Kier molecular flexibility index (Phi) is 5.77. The van der Waals surface area contributed by atoms with Crippen molar-refractivity contribution in [1.82, 2.24) is 10.2 Å². The summed E-state index contributed by atoms with van der Waals surface area (Å²) >= 11 is 0. The van der Waals surface area contributed by atoms with Gasteiger partial charge in [-0.2, -0.15) is 0 Å². The Morgan fingerprint density at radius 2 is 2.00 bits per heavy atom. The van der Waals surface area contributed by atoms with E-state index >= 15 is 0 Å². The highest BCUT2D eigenvalue weighted by atomic mass is 16.5. The number of hydrogen-bond acceptors (Lipinski definition) is 4. The first-order chi connectivity index (χ1) is 8.61. The van der Waals surface area contributed by atoms with Gasteiger partial charge >= 0.3 is 6.03 Å². The molecule has 18 heavy (non-hydrogen) atoms. The van der Waals surface area contributed by atoms with Crippen molar-refractivity contribution in [3.63, 3.8) is 0 Å². The van der Waals surface area contributed by atoms with Gasteiger partial charge in [0.05, 0.1) is 0 Å². The maximum absolute atomic E-state index is 12.0. The average Bonchev–Trinajstić information content (AvgIpc) is 2.33. The number of rotatable bonds is 7. The average molecular weight is 256 g/mol. The maximum Gasteiger partial charge on any atom is 0.330 e. The molecule has 0 aliphatic carbocycles. The number of hydrogen-bond donors (Lipinski definition) is 1. The molecule has 1 atom stereocenters. The Morgan fingerprint density at radius 1 is 1.28 bits per heavy atom. The summed E-state index contributed by atoms with van der Waals surface area (Å²) in [6, 6.07) is -0.602. The van der Waals surface area contributed by atoms with Crippen molar-refractivity contribution < 1.29 is 19.1 Å². The number of ether oxygens (including phenoxy) is 1. The molecular formula is C12H20N2O4. The minimum absolute atomic E-state index is 0.335. The topological polar surface area (TPSA) is 75.7 Å². The van der Waals surface area contributed by atoms with Crippen LogP contribution in [0, 0.1) is 5.92 Å². The zero-order chi connectivity index (χ0) is 13.5. The fourth-order valence-corrected chi connectivity index (χ4v) is 1.93. The molecule has 0 aromatic carbocycles. The van der Waals surface area contributed by atoms with E-state index in [0.29, 0.717) is 26.0 Å². The Morgan fingerprint density at radius 3 is 2.61 bits per heavy atom. The summed E-state index contributed by atoms with van der Waals surface area (Å²) in [5.41, 5.74) is 0. The van der Waals surface area contributed by atoms with Crippen LogP contribution in [-0.2, 0) is 14.3 Å². The van der Waals surface area contributed by atoms with Gasteiger partial charge in [-0.05, 0) is 19.3 Å². The van der Waals surface area contributed by atoms with Crippen LogP contribution >= 0.6 is 0 Å². The molecule has 0 bridgehead atoms. The van der Waals surface area contributed by atoms with Gasteiger partial charge in [0.15, 0.2) is 0 Å². The van der Waals surface area contributed by atoms with Gasteiger partial charge in [-0.25, -0.2) is 4.79 Å². The van der Waals surface area contributed by atoms with Gasteiger partial charge in [0.1, 0.15) is 5.92 Å². The van der Waals surface area contributed by atoms with Gasteiger partial charge in [-0.3, -0.25) is 19.8 Å². The van der Waals surface area contributed by atoms with E-state index in [4.69, 9.17) is 4.74 Å². The van der Waals surface area contributed by atoms with E-state index in [1.54, 1.807) is 7.11 Å². The summed E-state index contributed by atoms with van der Waals surface area (Å²) in [5.74, 6) is -1.56. The minimum Gasteiger partial charge on any atom is -0.385 e. The van der Waals surface area contributed by atoms with Crippen molar-refractivity contribution in [3.05, 3.63) is 0 Å². The molecule has 1 fully saturated rings. The molecule has 0 aromatic rings. The highest BCUT2D eigenvalue weighted by Gasteiger charge is 2.39. The van der Waals surface area contributed by atoms with Crippen LogP contribution in [0.3, 0.4) is 0 Å². The van der Waals surface area contributed by atoms with Gasteiger partial charge in [0.2, 0.25) is 11.8 Å². The van der Waals surface area contributed by atoms with E-state index in [0.717, 1.165) is 17.7 Å². The molecule has 1 rings (SSSR count). The largest absolute Gasteiger partial charge is 0.385 e. The van der Waals surface area contributed by atoms with Crippen LogP contribution in [0.2, 0.25) is 0 Å². The monoisotopic (exact) mass is 256 g/mol. The fraction of sp³-hybridized carbons (Fsp3) is 0.750. The van der Waals surface area contributed by atoms with Crippen LogP contribution < -0.4 is 5.32 Å². The summed E-state index contributed by atoms with van der Waals surface area (Å²) in [6.07, 6.45) is 2.67. The number of nitrogens with one attached hydrogen (secondary N) is 1. The van der Waals surface area contributed by atoms with E-state index in [1.165, 1.54) is 0 Å². The maximum atomic E-state index is 12.0. The first kappa shape index (κ1) is 14.6. The molecule has 6 heteroatoms. The third kappa shape index (κ3) is 3.53. The fourth-order valence-electron chi connectivity index (χ4n) is 1.93. The molecule has 6 nitrogen and oxygen atoms in total. The Hall–Kier alpha value is -1.43. The molecule has 0 radical (unpaired) electrons. The molecule has 1 heterocycles. The van der Waals surface area contributed by atoms with E-state index in [-0.39, 0.29) is 5.91 Å². The molecule has 1 aliphatic rings. The molecule has 102 valence electrons. The number of amides is 4. The highest BCUT2D eigenvalue weighted by molar-refractivity contribution is 6.16. The van der Waals surface area contributed by atoms with Gasteiger partial charge in [-0.1, -0.05) is 13.3 Å². The third-order valence-electron chi connectivity index (χ3n) is 2.91. The Bertz CT molecular complexity index is 330. The van der Waals surface area contributed by atoms with Crippen LogP contribution in [0.1, 0.15) is 32.6 Å². The van der Waals surface area contributed by atoms with E-state index < -0.39 is 17.9 Å². The zero-order valence-electron chi connectivity index (χ0n) is 10.9. The zero-order valence-corrected chi connectivity index (χ0v) is 10.9. The lowest BCUT2D eigenvalue weighted by molar-refractivity contribution is -0.142. The second-order valence-electron chi connectivity index (χ2n) is 4.33. The van der Waals surface area contributed by atoms with Crippen molar-refractivity contribution in [2.45, 2.75) is 32.6 Å². The molecule has 0 spiro atoms. The number of urea groups is 1. The van der Waals surface area contributed by atoms with Crippen molar-refractivity contribution in [1.29, 1.82) is 0 Å². The molecule has 4 amide bonds. The number of nitrogens with zero attached hydrogens (tertiary/aromatic N) is 1. The molecule has 1 saturated heterocycles. The van der Waals surface area contributed by atoms with Crippen LogP contribution in [0.15, 0.2) is 0 Å². The SMILES string of the molecule is CCCC1C(=O)NC(=O)N(CCCCOC)C1=O. The quantitative estimate of drug-likeness (QED) is 0.542. The van der Waals surface area contributed by atoms with Crippen molar-refractivity contribution in [2.75, 3.05) is 20.3 Å². The molecule has 0 aromatic heterocycles. The summed E-state index contributed by atoms with van der Waals surface area (Å²) in [7, 11) is 1.61. The number of methoxy groups -OCH3 is 1. The summed E-state index contributed by atoms with van der Waals surface area (Å²) < 4.78 is 4.90. The van der Waals surface area contributed by atoms with E-state index in [2.05, 4.69) is 5.32 Å². The van der Waals surface area contributed by atoms with Gasteiger partial charge < -0.3 is 4.74 Å². The molecule has 1 N–H and O–H groups in total. The number of unbranched alkanes of at least 4 members (excludes halogenated alkanes) is 1. The van der Waals surface area contributed by atoms with Crippen LogP contribution in [0.5, 0.6) is 0 Å². The predicted molar refractivity (Wildman–Crippen MR) is 64.8 cm³/mol. The highest BCUT2D eigenvalue weighted by Crippen LogP contribution is 2.16. The van der Waals surface area contributed by atoms with Gasteiger partial charge in [0.25, 0.3) is 0 Å². The third-order valence-corrected chi connectivity index (χ3v) is 2.91. The van der Waals surface area contributed by atoms with Crippen molar-refractivity contribution in [2.24, 2.45) is 5.92 Å². The number of carbonyl (C=O) groups excluding carboxylic acids is 3. The standard InChI is InChI=1S/C12H20N2O4/c1-3-6-9-10(15)13-12(17)14(11(9)16)7-4-5-8-18-2/h9H,3-8H2,1-2H3,(H,13,15,17). The number of carbonyl (C=O) groups is 3. The van der Waals surface area contributed by atoms with Crippen molar-refractivity contribution in [3.8, 4) is 0 Å². The normalized spacial score (nSPS) is 20.2. The second-order valence-corrected chi connectivity index (χ2v) is 4.33. The minimum atomic E-state index is -0.713. The number of barbiturate groups is 1. The number of imide groups is 2. The molecule has 0 saturated carbocycles. The van der Waals surface area contributed by atoms with E-state index in [1.807, 2.05) is 6.92 Å². The molecule has 1 unspecified atom stereocenters. The van der Waals surface area contributed by atoms with Crippen LogP contribution in [0.25, 0.3) is 0 Å². The first-order valence-electron chi connectivity index (χ1n) is 6.27. The second kappa shape index (κ2) is 7.10. The predicted octanol–water partition coefficient (Wildman–Crippen LogP) is 0.908. The summed E-state index contributed by atoms with van der Waals surface area (Å²) in [6.45, 7) is 2.84. The Balaban J connectivity index is 2.57. The van der Waals surface area contributed by atoms with Crippen LogP contribution in [-0.4, -0.2) is 43.0 Å². The lowest BCUT2D eigenvalue weighted by atomic mass is 9.99. The first-order valence-corrected chi connectivity index (χ1v) is 6.27. The lowest BCUT2D eigenvalue weighted by Gasteiger charge is -2.29. The molecular weight excluding hydrogens is 236 g/mol. The summed E-state index contributed by atoms with van der Waals surface area (Å²) in [4.78, 5) is 36.2. The summed E-state index contributed by atoms with van der Waals surface area (Å²) in [5, 5.41) is 2.23. The Labute approximate surface area is 107 Å².